The van der Waals surface area contributed by atoms with E-state index in [1.165, 1.54) is 38.1 Å². The van der Waals surface area contributed by atoms with Crippen LogP contribution in [0.5, 0.6) is 11.5 Å². The Bertz CT molecular complexity index is 1250. The molecule has 1 atom stereocenters. The summed E-state index contributed by atoms with van der Waals surface area (Å²) in [5.74, 6) is -3.04. The molecule has 0 aliphatic heterocycles. The van der Waals surface area contributed by atoms with Crippen molar-refractivity contribution in [2.24, 2.45) is 0 Å². The minimum Gasteiger partial charge on any atom is -0.466 e. The van der Waals surface area contributed by atoms with Crippen molar-refractivity contribution in [3.8, 4) is 11.5 Å². The van der Waals surface area contributed by atoms with E-state index >= 15 is 0 Å². The molecule has 2 aromatic rings. The van der Waals surface area contributed by atoms with Gasteiger partial charge in [-0.25, -0.2) is 9.59 Å². The fraction of sp³-hybridized carbons (Fsp3) is 0.259. The number of hydrogen-bond donors (Lipinski definition) is 0. The summed E-state index contributed by atoms with van der Waals surface area (Å²) in [6, 6.07) is 9.14. The topological polar surface area (TPSA) is 158 Å². The second-order valence-corrected chi connectivity index (χ2v) is 7.80. The SMILES string of the molecule is COC(=O)[C@@H](Cc1ccc(OC(C)=O)c(OC(C)=O)c1)OC(=O)C=Cc1ccc(COC=O)c(COC=O)c1. The van der Waals surface area contributed by atoms with Crippen LogP contribution in [-0.4, -0.2) is 50.0 Å². The minimum absolute atomic E-state index is 0.00218. The molecule has 2 aromatic carbocycles. The molecule has 2 rings (SSSR count). The first kappa shape index (κ1) is 30.2. The number of benzene rings is 2. The highest BCUT2D eigenvalue weighted by Crippen LogP contribution is 2.29. The van der Waals surface area contributed by atoms with Gasteiger partial charge >= 0.3 is 23.9 Å². The molecule has 0 amide bonds. The average molecular weight is 542 g/mol. The zero-order valence-corrected chi connectivity index (χ0v) is 21.4. The van der Waals surface area contributed by atoms with Crippen molar-refractivity contribution in [2.45, 2.75) is 39.6 Å². The zero-order valence-electron chi connectivity index (χ0n) is 21.4. The normalized spacial score (nSPS) is 11.2. The minimum atomic E-state index is -1.35. The fourth-order valence-corrected chi connectivity index (χ4v) is 3.29. The number of carbonyl (C=O) groups excluding carboxylic acids is 6. The molecule has 39 heavy (non-hydrogen) atoms. The van der Waals surface area contributed by atoms with E-state index in [-0.39, 0.29) is 44.1 Å². The van der Waals surface area contributed by atoms with E-state index in [1.807, 2.05) is 0 Å². The molecule has 0 fully saturated rings. The van der Waals surface area contributed by atoms with E-state index in [1.54, 1.807) is 18.2 Å². The Kier molecular flexibility index (Phi) is 11.9. The van der Waals surface area contributed by atoms with Gasteiger partial charge in [-0.3, -0.25) is 19.2 Å². The third kappa shape index (κ3) is 10.1. The first-order valence-corrected chi connectivity index (χ1v) is 11.3. The van der Waals surface area contributed by atoms with Crippen LogP contribution in [-0.2, 0) is 67.3 Å². The predicted molar refractivity (Wildman–Crippen MR) is 132 cm³/mol. The Labute approximate surface area is 223 Å². The summed E-state index contributed by atoms with van der Waals surface area (Å²) in [5.41, 5.74) is 2.10. The van der Waals surface area contributed by atoms with Gasteiger partial charge in [-0.05, 0) is 46.5 Å². The van der Waals surface area contributed by atoms with Crippen molar-refractivity contribution < 1.29 is 57.2 Å². The first-order valence-electron chi connectivity index (χ1n) is 11.3. The molecular weight excluding hydrogens is 516 g/mol. The molecule has 0 aliphatic carbocycles. The Morgan fingerprint density at radius 3 is 2.08 bits per heavy atom. The van der Waals surface area contributed by atoms with Crippen LogP contribution in [0.25, 0.3) is 6.08 Å². The summed E-state index contributed by atoms with van der Waals surface area (Å²) < 4.78 is 29.7. The van der Waals surface area contributed by atoms with Crippen LogP contribution in [0.3, 0.4) is 0 Å². The molecule has 0 radical (unpaired) electrons. The monoisotopic (exact) mass is 542 g/mol. The van der Waals surface area contributed by atoms with Gasteiger partial charge in [-0.15, -0.1) is 0 Å². The van der Waals surface area contributed by atoms with Crippen molar-refractivity contribution >= 4 is 42.9 Å². The number of methoxy groups -OCH3 is 1. The van der Waals surface area contributed by atoms with Gasteiger partial charge in [-0.2, -0.15) is 0 Å². The molecule has 0 heterocycles. The van der Waals surface area contributed by atoms with Gasteiger partial charge in [0, 0.05) is 26.3 Å². The standard InChI is InChI=1S/C27H26O12/c1-17(30)37-23-8-5-20(11-24(23)38-18(2)31)12-25(27(33)34-3)39-26(32)9-6-19-4-7-21(13-35-15-28)22(10-19)14-36-16-29/h4-11,15-16,25H,12-14H2,1-3H3/t25-/m1/s1. The largest absolute Gasteiger partial charge is 0.466 e. The van der Waals surface area contributed by atoms with E-state index in [9.17, 15) is 28.8 Å². The first-order chi connectivity index (χ1) is 18.7. The van der Waals surface area contributed by atoms with E-state index < -0.39 is 30.0 Å². The van der Waals surface area contributed by atoms with Gasteiger partial charge in [0.1, 0.15) is 13.2 Å². The Hall–Kier alpha value is -5.00. The van der Waals surface area contributed by atoms with Gasteiger partial charge in [0.15, 0.2) is 11.5 Å². The van der Waals surface area contributed by atoms with Crippen LogP contribution in [0, 0.1) is 0 Å². The fourth-order valence-electron chi connectivity index (χ4n) is 3.29. The van der Waals surface area contributed by atoms with Crippen LogP contribution in [0.4, 0.5) is 0 Å². The molecule has 0 aliphatic rings. The van der Waals surface area contributed by atoms with E-state index in [4.69, 9.17) is 28.4 Å². The predicted octanol–water partition coefficient (Wildman–Crippen LogP) is 2.22. The van der Waals surface area contributed by atoms with Crippen LogP contribution >= 0.6 is 0 Å². The van der Waals surface area contributed by atoms with Crippen molar-refractivity contribution in [1.82, 2.24) is 0 Å². The summed E-state index contributed by atoms with van der Waals surface area (Å²) in [6.45, 7) is 2.80. The molecule has 0 unspecified atom stereocenters. The van der Waals surface area contributed by atoms with Gasteiger partial charge in [0.05, 0.1) is 7.11 Å². The lowest BCUT2D eigenvalue weighted by atomic mass is 10.0. The highest BCUT2D eigenvalue weighted by atomic mass is 16.6. The second-order valence-electron chi connectivity index (χ2n) is 7.80. The highest BCUT2D eigenvalue weighted by Gasteiger charge is 2.24. The van der Waals surface area contributed by atoms with Gasteiger partial charge in [-0.1, -0.05) is 18.2 Å². The quantitative estimate of drug-likeness (QED) is 0.113. The smallest absolute Gasteiger partial charge is 0.347 e. The van der Waals surface area contributed by atoms with Gasteiger partial charge in [0.25, 0.3) is 12.9 Å². The molecule has 206 valence electrons. The molecule has 12 nitrogen and oxygen atoms in total. The summed E-state index contributed by atoms with van der Waals surface area (Å²) >= 11 is 0. The molecule has 0 saturated carbocycles. The average Bonchev–Trinajstić information content (AvgIpc) is 2.90. The van der Waals surface area contributed by atoms with E-state index in [2.05, 4.69) is 0 Å². The van der Waals surface area contributed by atoms with Crippen LogP contribution in [0.15, 0.2) is 42.5 Å². The maximum absolute atomic E-state index is 12.5. The third-order valence-corrected chi connectivity index (χ3v) is 4.92. The molecule has 12 heteroatoms. The van der Waals surface area contributed by atoms with Crippen molar-refractivity contribution in [3.05, 3.63) is 64.7 Å². The number of hydrogen-bond acceptors (Lipinski definition) is 12. The summed E-state index contributed by atoms with van der Waals surface area (Å²) in [6.07, 6.45) is 1.01. The second kappa shape index (κ2) is 15.3. The van der Waals surface area contributed by atoms with Gasteiger partial charge in [0.2, 0.25) is 6.10 Å². The van der Waals surface area contributed by atoms with E-state index in [0.29, 0.717) is 22.3 Å². The third-order valence-electron chi connectivity index (χ3n) is 4.92. The lowest BCUT2D eigenvalue weighted by molar-refractivity contribution is -0.162. The Morgan fingerprint density at radius 2 is 1.46 bits per heavy atom. The van der Waals surface area contributed by atoms with Crippen LogP contribution in [0.2, 0.25) is 0 Å². The van der Waals surface area contributed by atoms with Crippen molar-refractivity contribution in [2.75, 3.05) is 7.11 Å². The summed E-state index contributed by atoms with van der Waals surface area (Å²) in [4.78, 5) is 68.7. The number of esters is 4. The van der Waals surface area contributed by atoms with Crippen LogP contribution in [0.1, 0.15) is 36.1 Å². The van der Waals surface area contributed by atoms with Crippen LogP contribution < -0.4 is 9.47 Å². The Balaban J connectivity index is 2.20. The Morgan fingerprint density at radius 1 is 0.821 bits per heavy atom. The van der Waals surface area contributed by atoms with Crippen molar-refractivity contribution in [3.63, 3.8) is 0 Å². The van der Waals surface area contributed by atoms with E-state index in [0.717, 1.165) is 13.2 Å². The molecule has 0 saturated heterocycles. The number of rotatable bonds is 14. The number of ether oxygens (including phenoxy) is 6. The zero-order chi connectivity index (χ0) is 28.8. The van der Waals surface area contributed by atoms with Crippen molar-refractivity contribution in [1.29, 1.82) is 0 Å². The highest BCUT2D eigenvalue weighted by molar-refractivity contribution is 5.89. The molecule has 0 bridgehead atoms. The number of carbonyl (C=O) groups is 6. The lowest BCUT2D eigenvalue weighted by Crippen LogP contribution is -2.30. The molecule has 0 N–H and O–H groups in total. The maximum Gasteiger partial charge on any atom is 0.347 e. The molecule has 0 spiro atoms. The maximum atomic E-state index is 12.5. The molecular formula is C27H26O12. The summed E-state index contributed by atoms with van der Waals surface area (Å²) in [5, 5.41) is 0. The lowest BCUT2D eigenvalue weighted by Gasteiger charge is -2.16. The molecule has 0 aromatic heterocycles. The summed E-state index contributed by atoms with van der Waals surface area (Å²) in [7, 11) is 1.13. The van der Waals surface area contributed by atoms with Gasteiger partial charge < -0.3 is 28.4 Å².